The molecule has 4 fully saturated rings. The van der Waals surface area contributed by atoms with Gasteiger partial charge in [0.05, 0.1) is 52.7 Å². The van der Waals surface area contributed by atoms with Crippen LogP contribution in [0.5, 0.6) is 6.01 Å². The van der Waals surface area contributed by atoms with Gasteiger partial charge < -0.3 is 34.6 Å². The van der Waals surface area contributed by atoms with Crippen LogP contribution in [0.2, 0.25) is 0 Å². The summed E-state index contributed by atoms with van der Waals surface area (Å²) in [5.41, 5.74) is 4.05. The van der Waals surface area contributed by atoms with Gasteiger partial charge in [0.2, 0.25) is 0 Å². The van der Waals surface area contributed by atoms with Crippen molar-refractivity contribution < 1.29 is 18.9 Å². The SMILES string of the molecule is COc1nc(Nc2cc(C3CCN(C4COC4)CC3)c(C)cc2C=N)cc(N2CCOC3(COC3)C2)n1. The maximum atomic E-state index is 8.04. The van der Waals surface area contributed by atoms with Crippen molar-refractivity contribution in [1.82, 2.24) is 14.9 Å². The van der Waals surface area contributed by atoms with E-state index in [2.05, 4.69) is 44.1 Å². The molecule has 0 aliphatic carbocycles. The van der Waals surface area contributed by atoms with Crippen LogP contribution in [0.3, 0.4) is 0 Å². The minimum Gasteiger partial charge on any atom is -0.467 e. The van der Waals surface area contributed by atoms with Gasteiger partial charge in [0, 0.05) is 30.1 Å². The first-order chi connectivity index (χ1) is 18.1. The maximum Gasteiger partial charge on any atom is 0.320 e. The molecule has 0 atom stereocenters. The smallest absolute Gasteiger partial charge is 0.320 e. The Morgan fingerprint density at radius 3 is 2.57 bits per heavy atom. The predicted molar refractivity (Wildman–Crippen MR) is 141 cm³/mol. The summed E-state index contributed by atoms with van der Waals surface area (Å²) in [7, 11) is 1.58. The van der Waals surface area contributed by atoms with Gasteiger partial charge in [0.15, 0.2) is 0 Å². The van der Waals surface area contributed by atoms with E-state index in [1.807, 2.05) is 6.07 Å². The lowest BCUT2D eigenvalue weighted by Crippen LogP contribution is -2.63. The number of methoxy groups -OCH3 is 1. The fraction of sp³-hybridized carbons (Fsp3) is 0.593. The molecule has 2 aromatic rings. The molecule has 10 heteroatoms. The van der Waals surface area contributed by atoms with Gasteiger partial charge in [-0.15, -0.1) is 0 Å². The van der Waals surface area contributed by atoms with Crippen molar-refractivity contribution in [3.63, 3.8) is 0 Å². The first-order valence-electron chi connectivity index (χ1n) is 13.2. The summed E-state index contributed by atoms with van der Waals surface area (Å²) in [5, 5.41) is 11.5. The molecule has 0 unspecified atom stereocenters. The molecule has 4 saturated heterocycles. The van der Waals surface area contributed by atoms with E-state index >= 15 is 0 Å². The van der Waals surface area contributed by atoms with Crippen LogP contribution in [0.25, 0.3) is 0 Å². The molecule has 0 radical (unpaired) electrons. The molecule has 0 amide bonds. The molecular weight excluding hydrogens is 472 g/mol. The van der Waals surface area contributed by atoms with E-state index in [-0.39, 0.29) is 5.60 Å². The number of nitrogens with zero attached hydrogens (tertiary/aromatic N) is 4. The first kappa shape index (κ1) is 24.5. The zero-order chi connectivity index (χ0) is 25.4. The van der Waals surface area contributed by atoms with E-state index in [1.165, 1.54) is 17.3 Å². The second kappa shape index (κ2) is 10.2. The summed E-state index contributed by atoms with van der Waals surface area (Å²) in [4.78, 5) is 14.0. The summed E-state index contributed by atoms with van der Waals surface area (Å²) in [5.74, 6) is 1.94. The van der Waals surface area contributed by atoms with Gasteiger partial charge in [-0.2, -0.15) is 9.97 Å². The van der Waals surface area contributed by atoms with Crippen molar-refractivity contribution in [2.24, 2.45) is 0 Å². The molecule has 198 valence electrons. The van der Waals surface area contributed by atoms with E-state index < -0.39 is 0 Å². The van der Waals surface area contributed by atoms with E-state index in [9.17, 15) is 0 Å². The molecule has 37 heavy (non-hydrogen) atoms. The van der Waals surface area contributed by atoms with Crippen LogP contribution in [0.4, 0.5) is 17.3 Å². The monoisotopic (exact) mass is 508 g/mol. The Kier molecular flexibility index (Phi) is 6.74. The van der Waals surface area contributed by atoms with Gasteiger partial charge in [0.1, 0.15) is 17.2 Å². The van der Waals surface area contributed by atoms with Gasteiger partial charge in [0.25, 0.3) is 0 Å². The molecule has 0 bridgehead atoms. The predicted octanol–water partition coefficient (Wildman–Crippen LogP) is 2.72. The molecule has 1 spiro atoms. The number of morpholine rings is 1. The van der Waals surface area contributed by atoms with Gasteiger partial charge in [-0.25, -0.2) is 0 Å². The van der Waals surface area contributed by atoms with Crippen LogP contribution >= 0.6 is 0 Å². The average molecular weight is 509 g/mol. The number of ether oxygens (including phenoxy) is 4. The fourth-order valence-electron chi connectivity index (χ4n) is 5.84. The number of nitrogens with one attached hydrogen (secondary N) is 2. The highest BCUT2D eigenvalue weighted by Crippen LogP contribution is 2.36. The van der Waals surface area contributed by atoms with Gasteiger partial charge in [-0.3, -0.25) is 4.90 Å². The lowest BCUT2D eigenvalue weighted by Gasteiger charge is -2.47. The summed E-state index contributed by atoms with van der Waals surface area (Å²) in [6.07, 6.45) is 3.67. The Bertz CT molecular complexity index is 1140. The van der Waals surface area contributed by atoms with Crippen LogP contribution in [-0.2, 0) is 14.2 Å². The molecule has 0 saturated carbocycles. The van der Waals surface area contributed by atoms with Crippen LogP contribution in [0.15, 0.2) is 18.2 Å². The lowest BCUT2D eigenvalue weighted by molar-refractivity contribution is -0.211. The third-order valence-electron chi connectivity index (χ3n) is 8.14. The van der Waals surface area contributed by atoms with Crippen LogP contribution < -0.4 is 15.0 Å². The third-order valence-corrected chi connectivity index (χ3v) is 8.14. The number of aryl methyl sites for hydroxylation is 1. The molecule has 1 aromatic carbocycles. The Labute approximate surface area is 217 Å². The van der Waals surface area contributed by atoms with E-state index in [1.54, 1.807) is 7.11 Å². The Balaban J connectivity index is 1.24. The van der Waals surface area contributed by atoms with Gasteiger partial charge in [-0.1, -0.05) is 0 Å². The number of rotatable bonds is 7. The Morgan fingerprint density at radius 2 is 1.92 bits per heavy atom. The molecule has 2 N–H and O–H groups in total. The molecule has 5 heterocycles. The van der Waals surface area contributed by atoms with Crippen molar-refractivity contribution in [2.45, 2.75) is 37.3 Å². The normalized spacial score (nSPS) is 22.4. The van der Waals surface area contributed by atoms with Crippen molar-refractivity contribution >= 4 is 23.5 Å². The number of anilines is 3. The summed E-state index contributed by atoms with van der Waals surface area (Å²) >= 11 is 0. The van der Waals surface area contributed by atoms with E-state index in [0.29, 0.717) is 43.6 Å². The molecular formula is C27H36N6O4. The highest BCUT2D eigenvalue weighted by atomic mass is 16.6. The molecule has 6 rings (SSSR count). The van der Waals surface area contributed by atoms with Crippen molar-refractivity contribution in [1.29, 1.82) is 5.41 Å². The van der Waals surface area contributed by atoms with Crippen molar-refractivity contribution in [2.75, 3.05) is 76.5 Å². The fourth-order valence-corrected chi connectivity index (χ4v) is 5.84. The zero-order valence-electron chi connectivity index (χ0n) is 21.7. The second-order valence-corrected chi connectivity index (χ2v) is 10.6. The van der Waals surface area contributed by atoms with Gasteiger partial charge in [-0.05, 0) is 62.0 Å². The standard InChI is InChI=1S/C27H36N6O4/c1-18-9-20(12-28)23(10-22(18)19-3-5-32(6-4-19)21-13-35-14-21)29-24-11-25(31-26(30-24)34-2)33-7-8-37-27(15-33)16-36-17-27/h9-12,19,21,28H,3-8,13-17H2,1-2H3,(H,29,30,31). The number of piperidine rings is 1. The van der Waals surface area contributed by atoms with Crippen molar-refractivity contribution in [3.8, 4) is 6.01 Å². The number of aromatic nitrogens is 2. The minimum atomic E-state index is -0.246. The minimum absolute atomic E-state index is 0.246. The highest BCUT2D eigenvalue weighted by Gasteiger charge is 2.44. The largest absolute Gasteiger partial charge is 0.467 e. The topological polar surface area (TPSA) is 105 Å². The number of benzene rings is 1. The summed E-state index contributed by atoms with van der Waals surface area (Å²) in [6, 6.07) is 7.18. The highest BCUT2D eigenvalue weighted by molar-refractivity contribution is 5.88. The quantitative estimate of drug-likeness (QED) is 0.546. The van der Waals surface area contributed by atoms with Gasteiger partial charge >= 0.3 is 6.01 Å². The van der Waals surface area contributed by atoms with E-state index in [0.717, 1.165) is 69.3 Å². The average Bonchev–Trinajstić information content (AvgIpc) is 2.88. The molecule has 4 aliphatic heterocycles. The lowest BCUT2D eigenvalue weighted by atomic mass is 9.85. The molecule has 1 aromatic heterocycles. The Morgan fingerprint density at radius 1 is 1.11 bits per heavy atom. The second-order valence-electron chi connectivity index (χ2n) is 10.6. The molecule has 4 aliphatic rings. The number of likely N-dealkylation sites (tertiary alicyclic amines) is 1. The van der Waals surface area contributed by atoms with E-state index in [4.69, 9.17) is 24.4 Å². The van der Waals surface area contributed by atoms with Crippen LogP contribution in [0, 0.1) is 12.3 Å². The molecule has 10 nitrogen and oxygen atoms in total. The number of hydrogen-bond donors (Lipinski definition) is 2. The first-order valence-corrected chi connectivity index (χ1v) is 13.2. The van der Waals surface area contributed by atoms with Crippen LogP contribution in [0.1, 0.15) is 35.4 Å². The van der Waals surface area contributed by atoms with Crippen LogP contribution in [-0.4, -0.2) is 99.0 Å². The Hall–Kier alpha value is -2.79. The zero-order valence-corrected chi connectivity index (χ0v) is 21.7. The maximum absolute atomic E-state index is 8.04. The third kappa shape index (κ3) is 4.90. The van der Waals surface area contributed by atoms with Crippen molar-refractivity contribution in [3.05, 3.63) is 34.9 Å². The number of hydrogen-bond acceptors (Lipinski definition) is 10. The summed E-state index contributed by atoms with van der Waals surface area (Å²) < 4.78 is 22.2. The summed E-state index contributed by atoms with van der Waals surface area (Å²) in [6.45, 7) is 9.42.